The molecule has 0 aromatic heterocycles. The minimum Gasteiger partial charge on any atom is -0.483 e. The molecule has 6 aromatic carbocycles. The molecule has 3 N–H and O–H groups in total. The Hall–Kier alpha value is -4.99. The predicted molar refractivity (Wildman–Crippen MR) is 178 cm³/mol. The van der Waals surface area contributed by atoms with Gasteiger partial charge in [0.2, 0.25) is 5.91 Å². The topological polar surface area (TPSA) is 81.4 Å². The van der Waals surface area contributed by atoms with Gasteiger partial charge in [0.15, 0.2) is 6.61 Å². The summed E-state index contributed by atoms with van der Waals surface area (Å²) in [5, 5.41) is 10.6. The first kappa shape index (κ1) is 28.1. The molecule has 0 radical (unpaired) electrons. The summed E-state index contributed by atoms with van der Waals surface area (Å²) in [5.41, 5.74) is 7.36. The van der Waals surface area contributed by atoms with Crippen molar-refractivity contribution in [3.63, 3.8) is 0 Å². The Labute approximate surface area is 252 Å². The number of fused-ring (bicyclic) bond motifs is 2. The maximum Gasteiger partial charge on any atom is 0.258 e. The molecule has 6 rings (SSSR count). The van der Waals surface area contributed by atoms with Crippen LogP contribution in [0, 0.1) is 0 Å². The number of benzene rings is 6. The number of carbonyl (C=O) groups is 2. The average molecular weight is 583 g/mol. The average Bonchev–Trinajstić information content (AvgIpc) is 3.04. The third kappa shape index (κ3) is 5.86. The number of rotatable bonds is 9. The summed E-state index contributed by atoms with van der Waals surface area (Å²) in [6.07, 6.45) is 0. The SMILES string of the molecule is CC(NC(=O)COc1ccc2ccccc2c1-c1c(P(c2ccccc2)c2ccccc2)ccc2ccccc12)C(N)=O. The second kappa shape index (κ2) is 12.5. The quantitative estimate of drug-likeness (QED) is 0.212. The van der Waals surface area contributed by atoms with E-state index in [2.05, 4.69) is 96.3 Å². The Morgan fingerprint density at radius 1 is 0.674 bits per heavy atom. The van der Waals surface area contributed by atoms with Crippen LogP contribution < -0.4 is 31.7 Å². The third-order valence-corrected chi connectivity index (χ3v) is 9.96. The van der Waals surface area contributed by atoms with E-state index in [-0.39, 0.29) is 6.61 Å². The second-order valence-corrected chi connectivity index (χ2v) is 12.5. The summed E-state index contributed by atoms with van der Waals surface area (Å²) in [6, 6.07) is 45.5. The van der Waals surface area contributed by atoms with Crippen molar-refractivity contribution < 1.29 is 14.3 Å². The fraction of sp³-hybridized carbons (Fsp3) is 0.0811. The van der Waals surface area contributed by atoms with Gasteiger partial charge in [-0.3, -0.25) is 9.59 Å². The van der Waals surface area contributed by atoms with Crippen molar-refractivity contribution in [1.29, 1.82) is 0 Å². The van der Waals surface area contributed by atoms with E-state index in [0.29, 0.717) is 5.75 Å². The molecule has 0 bridgehead atoms. The van der Waals surface area contributed by atoms with E-state index < -0.39 is 25.8 Å². The van der Waals surface area contributed by atoms with Crippen LogP contribution in [0.3, 0.4) is 0 Å². The first-order valence-electron chi connectivity index (χ1n) is 14.2. The highest BCUT2D eigenvalue weighted by Gasteiger charge is 2.25. The molecule has 0 saturated heterocycles. The lowest BCUT2D eigenvalue weighted by Gasteiger charge is -2.25. The molecule has 43 heavy (non-hydrogen) atoms. The van der Waals surface area contributed by atoms with Crippen molar-refractivity contribution in [2.24, 2.45) is 5.73 Å². The van der Waals surface area contributed by atoms with Gasteiger partial charge in [0.1, 0.15) is 11.8 Å². The summed E-state index contributed by atoms with van der Waals surface area (Å²) in [5.74, 6) is -0.427. The van der Waals surface area contributed by atoms with Crippen LogP contribution in [0.4, 0.5) is 0 Å². The first-order valence-corrected chi connectivity index (χ1v) is 15.5. The zero-order valence-corrected chi connectivity index (χ0v) is 24.6. The van der Waals surface area contributed by atoms with Gasteiger partial charge < -0.3 is 15.8 Å². The minimum absolute atomic E-state index is 0.255. The lowest BCUT2D eigenvalue weighted by molar-refractivity contribution is -0.128. The zero-order chi connectivity index (χ0) is 29.8. The smallest absolute Gasteiger partial charge is 0.258 e. The number of nitrogens with one attached hydrogen (secondary N) is 1. The molecular formula is C37H31N2O3P. The maximum absolute atomic E-state index is 12.8. The van der Waals surface area contributed by atoms with Crippen LogP contribution in [0.2, 0.25) is 0 Å². The van der Waals surface area contributed by atoms with Crippen molar-refractivity contribution in [2.75, 3.05) is 6.61 Å². The van der Waals surface area contributed by atoms with Gasteiger partial charge in [-0.25, -0.2) is 0 Å². The molecule has 0 spiro atoms. The standard InChI is InChI=1S/C37H31N2O3P/c1-25(37(38)41)39-34(40)24-42-32-22-20-26-12-8-10-18-30(26)35(32)36-31-19-11-9-13-27(31)21-23-33(36)43(28-14-4-2-5-15-28)29-16-6-3-7-17-29/h2-23,25H,24H2,1H3,(H2,38,41)(H,39,40). The van der Waals surface area contributed by atoms with E-state index >= 15 is 0 Å². The summed E-state index contributed by atoms with van der Waals surface area (Å²) in [6.45, 7) is 1.30. The molecule has 212 valence electrons. The number of hydrogen-bond acceptors (Lipinski definition) is 3. The van der Waals surface area contributed by atoms with E-state index in [1.807, 2.05) is 42.5 Å². The Balaban J connectivity index is 1.61. The highest BCUT2D eigenvalue weighted by atomic mass is 31.1. The molecule has 1 atom stereocenters. The van der Waals surface area contributed by atoms with Crippen molar-refractivity contribution in [3.05, 3.63) is 133 Å². The molecule has 0 aliphatic heterocycles. The van der Waals surface area contributed by atoms with Gasteiger partial charge in [0.25, 0.3) is 5.91 Å². The minimum atomic E-state index is -0.958. The van der Waals surface area contributed by atoms with Gasteiger partial charge in [-0.15, -0.1) is 0 Å². The van der Waals surface area contributed by atoms with Gasteiger partial charge >= 0.3 is 0 Å². The molecule has 0 saturated carbocycles. The third-order valence-electron chi connectivity index (χ3n) is 7.48. The summed E-state index contributed by atoms with van der Waals surface area (Å²) in [7, 11) is -0.958. The Morgan fingerprint density at radius 2 is 1.19 bits per heavy atom. The second-order valence-electron chi connectivity index (χ2n) is 10.3. The largest absolute Gasteiger partial charge is 0.483 e. The number of nitrogens with two attached hydrogens (primary N) is 1. The van der Waals surface area contributed by atoms with E-state index in [9.17, 15) is 9.59 Å². The molecule has 2 amide bonds. The molecule has 0 aliphatic carbocycles. The van der Waals surface area contributed by atoms with Crippen molar-refractivity contribution in [1.82, 2.24) is 5.32 Å². The van der Waals surface area contributed by atoms with Crippen molar-refractivity contribution in [2.45, 2.75) is 13.0 Å². The Bertz CT molecular complexity index is 1890. The van der Waals surface area contributed by atoms with Gasteiger partial charge in [0.05, 0.1) is 0 Å². The van der Waals surface area contributed by atoms with Gasteiger partial charge in [0, 0.05) is 11.1 Å². The number of amides is 2. The Kier molecular flexibility index (Phi) is 8.17. The maximum atomic E-state index is 12.8. The summed E-state index contributed by atoms with van der Waals surface area (Å²) < 4.78 is 6.28. The van der Waals surface area contributed by atoms with Gasteiger partial charge in [-0.05, 0) is 58.4 Å². The molecule has 0 aliphatic rings. The fourth-order valence-electron chi connectivity index (χ4n) is 5.42. The van der Waals surface area contributed by atoms with Crippen molar-refractivity contribution in [3.8, 4) is 16.9 Å². The van der Waals surface area contributed by atoms with E-state index in [1.165, 1.54) is 15.9 Å². The lowest BCUT2D eigenvalue weighted by Crippen LogP contribution is -2.44. The normalized spacial score (nSPS) is 11.9. The highest BCUT2D eigenvalue weighted by molar-refractivity contribution is 7.80. The van der Waals surface area contributed by atoms with Crippen LogP contribution in [-0.4, -0.2) is 24.5 Å². The number of carbonyl (C=O) groups excluding carboxylic acids is 2. The monoisotopic (exact) mass is 582 g/mol. The number of hydrogen-bond donors (Lipinski definition) is 2. The van der Waals surface area contributed by atoms with Crippen LogP contribution in [0.15, 0.2) is 133 Å². The van der Waals surface area contributed by atoms with Crippen LogP contribution in [0.25, 0.3) is 32.7 Å². The molecule has 0 fully saturated rings. The summed E-state index contributed by atoms with van der Waals surface area (Å²) >= 11 is 0. The first-order chi connectivity index (χ1) is 21.0. The predicted octanol–water partition coefficient (Wildman–Crippen LogP) is 5.79. The van der Waals surface area contributed by atoms with Crippen LogP contribution in [0.1, 0.15) is 6.92 Å². The van der Waals surface area contributed by atoms with Crippen molar-refractivity contribution >= 4 is 57.2 Å². The zero-order valence-electron chi connectivity index (χ0n) is 23.7. The van der Waals surface area contributed by atoms with Gasteiger partial charge in [-0.2, -0.15) is 0 Å². The van der Waals surface area contributed by atoms with Crippen LogP contribution >= 0.6 is 7.92 Å². The van der Waals surface area contributed by atoms with Gasteiger partial charge in [-0.1, -0.05) is 127 Å². The number of primary amides is 1. The van der Waals surface area contributed by atoms with Crippen LogP contribution in [-0.2, 0) is 9.59 Å². The van der Waals surface area contributed by atoms with E-state index in [0.717, 1.165) is 32.7 Å². The molecule has 6 aromatic rings. The molecule has 5 nitrogen and oxygen atoms in total. The molecule has 0 heterocycles. The summed E-state index contributed by atoms with van der Waals surface area (Å²) in [4.78, 5) is 24.3. The fourth-order valence-corrected chi connectivity index (χ4v) is 7.89. The highest BCUT2D eigenvalue weighted by Crippen LogP contribution is 2.45. The lowest BCUT2D eigenvalue weighted by atomic mass is 9.93. The van der Waals surface area contributed by atoms with E-state index in [1.54, 1.807) is 6.92 Å². The van der Waals surface area contributed by atoms with Crippen LogP contribution in [0.5, 0.6) is 5.75 Å². The molecule has 1 unspecified atom stereocenters. The number of ether oxygens (including phenoxy) is 1. The molecule has 6 heteroatoms. The Morgan fingerprint density at radius 3 is 1.77 bits per heavy atom. The molecular weight excluding hydrogens is 551 g/mol. The van der Waals surface area contributed by atoms with E-state index in [4.69, 9.17) is 10.5 Å².